The van der Waals surface area contributed by atoms with E-state index >= 15 is 0 Å². The van der Waals surface area contributed by atoms with E-state index in [0.717, 1.165) is 22.5 Å². The third kappa shape index (κ3) is 7.02. The Bertz CT molecular complexity index is 1500. The van der Waals surface area contributed by atoms with Gasteiger partial charge in [0.2, 0.25) is 5.91 Å². The van der Waals surface area contributed by atoms with Gasteiger partial charge in [-0.2, -0.15) is 5.10 Å². The number of nitrogens with zero attached hydrogens (tertiary/aromatic N) is 3. The Morgan fingerprint density at radius 3 is 2.50 bits per heavy atom. The first-order valence-electron chi connectivity index (χ1n) is 13.5. The molecule has 0 aliphatic carbocycles. The quantitative estimate of drug-likeness (QED) is 0.243. The van der Waals surface area contributed by atoms with Crippen molar-refractivity contribution in [3.8, 4) is 17.0 Å². The summed E-state index contributed by atoms with van der Waals surface area (Å²) < 4.78 is 26.3. The molecule has 0 bridgehead atoms. The Balaban J connectivity index is 1.49. The molecule has 2 heterocycles. The van der Waals surface area contributed by atoms with Gasteiger partial charge in [0.1, 0.15) is 11.6 Å². The standard InChI is InChI=1S/C31H35FN4O4/c1-6-39-31(38)18-27(22-10-12-25(13-11-22)40-19(2)3)34-30(37)15-14-26-20(4)33-29-17-28(35-36(29)21(26)5)23-8-7-9-24(32)16-23/h7-13,16-17,19,27H,6,14-15,18H2,1-5H3,(H,34,37). The Morgan fingerprint density at radius 1 is 1.07 bits per heavy atom. The molecule has 0 saturated heterocycles. The minimum Gasteiger partial charge on any atom is -0.491 e. The van der Waals surface area contributed by atoms with Crippen molar-refractivity contribution in [2.45, 2.75) is 66.0 Å². The first kappa shape index (κ1) is 28.7. The molecule has 0 radical (unpaired) electrons. The van der Waals surface area contributed by atoms with Gasteiger partial charge in [-0.3, -0.25) is 9.59 Å². The maximum absolute atomic E-state index is 13.7. The van der Waals surface area contributed by atoms with Gasteiger partial charge < -0.3 is 14.8 Å². The molecule has 1 atom stereocenters. The van der Waals surface area contributed by atoms with Crippen LogP contribution in [0.2, 0.25) is 0 Å². The van der Waals surface area contributed by atoms with Crippen LogP contribution in [0.1, 0.15) is 62.2 Å². The summed E-state index contributed by atoms with van der Waals surface area (Å²) in [6.07, 6.45) is 0.692. The highest BCUT2D eigenvalue weighted by Crippen LogP contribution is 2.25. The summed E-state index contributed by atoms with van der Waals surface area (Å²) in [5, 5.41) is 7.64. The highest BCUT2D eigenvalue weighted by atomic mass is 19.1. The molecule has 9 heteroatoms. The summed E-state index contributed by atoms with van der Waals surface area (Å²) in [5.74, 6) is -0.197. The molecule has 1 amide bonds. The van der Waals surface area contributed by atoms with Gasteiger partial charge in [-0.1, -0.05) is 24.3 Å². The first-order chi connectivity index (χ1) is 19.1. The number of hydrogen-bond acceptors (Lipinski definition) is 6. The molecule has 8 nitrogen and oxygen atoms in total. The molecular weight excluding hydrogens is 511 g/mol. The van der Waals surface area contributed by atoms with Crippen LogP contribution in [0.4, 0.5) is 4.39 Å². The average molecular weight is 547 g/mol. The number of fused-ring (bicyclic) bond motifs is 1. The van der Waals surface area contributed by atoms with Crippen molar-refractivity contribution >= 4 is 17.5 Å². The van der Waals surface area contributed by atoms with Gasteiger partial charge in [-0.05, 0) is 76.4 Å². The number of carbonyl (C=O) groups is 2. The van der Waals surface area contributed by atoms with Crippen LogP contribution in [0.3, 0.4) is 0 Å². The Labute approximate surface area is 233 Å². The average Bonchev–Trinajstić information content (AvgIpc) is 3.33. The third-order valence-electron chi connectivity index (χ3n) is 6.55. The number of hydrogen-bond donors (Lipinski definition) is 1. The van der Waals surface area contributed by atoms with Gasteiger partial charge in [0.05, 0.1) is 30.9 Å². The largest absolute Gasteiger partial charge is 0.491 e. The van der Waals surface area contributed by atoms with E-state index in [2.05, 4.69) is 15.4 Å². The van der Waals surface area contributed by atoms with E-state index in [-0.39, 0.29) is 43.2 Å². The number of halogens is 1. The second-order valence-corrected chi connectivity index (χ2v) is 9.94. The number of benzene rings is 2. The first-order valence-corrected chi connectivity index (χ1v) is 13.5. The number of aryl methyl sites for hydroxylation is 2. The van der Waals surface area contributed by atoms with Crippen LogP contribution >= 0.6 is 0 Å². The molecule has 2 aromatic heterocycles. The van der Waals surface area contributed by atoms with Crippen molar-refractivity contribution in [2.24, 2.45) is 0 Å². The molecule has 40 heavy (non-hydrogen) atoms. The SMILES string of the molecule is CCOC(=O)CC(NC(=O)CCc1c(C)nc2cc(-c3cccc(F)c3)nn2c1C)c1ccc(OC(C)C)cc1. The molecule has 1 unspecified atom stereocenters. The second-order valence-electron chi connectivity index (χ2n) is 9.94. The summed E-state index contributed by atoms with van der Waals surface area (Å²) in [7, 11) is 0. The van der Waals surface area contributed by atoms with Crippen molar-refractivity contribution in [3.63, 3.8) is 0 Å². The molecule has 2 aromatic carbocycles. The Hall–Kier alpha value is -4.27. The van der Waals surface area contributed by atoms with Crippen molar-refractivity contribution in [1.82, 2.24) is 19.9 Å². The maximum Gasteiger partial charge on any atom is 0.308 e. The fourth-order valence-corrected chi connectivity index (χ4v) is 4.67. The number of aromatic nitrogens is 3. The Kier molecular flexibility index (Phi) is 9.14. The van der Waals surface area contributed by atoms with Gasteiger partial charge in [-0.25, -0.2) is 13.9 Å². The fourth-order valence-electron chi connectivity index (χ4n) is 4.67. The lowest BCUT2D eigenvalue weighted by molar-refractivity contribution is -0.143. The van der Waals surface area contributed by atoms with Crippen LogP contribution in [0, 0.1) is 19.7 Å². The summed E-state index contributed by atoms with van der Waals surface area (Å²) in [6, 6.07) is 14.9. The molecule has 4 rings (SSSR count). The van der Waals surface area contributed by atoms with Crippen LogP contribution in [-0.4, -0.2) is 39.2 Å². The minimum atomic E-state index is -0.539. The lowest BCUT2D eigenvalue weighted by Gasteiger charge is -2.20. The van der Waals surface area contributed by atoms with Crippen molar-refractivity contribution in [2.75, 3.05) is 6.61 Å². The van der Waals surface area contributed by atoms with Crippen molar-refractivity contribution < 1.29 is 23.5 Å². The summed E-state index contributed by atoms with van der Waals surface area (Å²) in [5.41, 5.74) is 5.30. The van der Waals surface area contributed by atoms with Crippen LogP contribution in [0.5, 0.6) is 5.75 Å². The summed E-state index contributed by atoms with van der Waals surface area (Å²) in [4.78, 5) is 30.1. The predicted octanol–water partition coefficient (Wildman–Crippen LogP) is 5.68. The highest BCUT2D eigenvalue weighted by molar-refractivity contribution is 5.78. The lowest BCUT2D eigenvalue weighted by atomic mass is 10.0. The molecule has 210 valence electrons. The molecule has 0 aliphatic rings. The number of ether oxygens (including phenoxy) is 2. The van der Waals surface area contributed by atoms with Gasteiger partial charge in [-0.15, -0.1) is 0 Å². The summed E-state index contributed by atoms with van der Waals surface area (Å²) in [6.45, 7) is 9.75. The maximum atomic E-state index is 13.7. The van der Waals surface area contributed by atoms with E-state index in [4.69, 9.17) is 9.47 Å². The molecule has 0 fully saturated rings. The van der Waals surface area contributed by atoms with E-state index in [1.807, 2.05) is 58.0 Å². The third-order valence-corrected chi connectivity index (χ3v) is 6.55. The van der Waals surface area contributed by atoms with E-state index in [1.54, 1.807) is 23.6 Å². The van der Waals surface area contributed by atoms with Crippen molar-refractivity contribution in [1.29, 1.82) is 0 Å². The monoisotopic (exact) mass is 546 g/mol. The molecule has 0 spiro atoms. The minimum absolute atomic E-state index is 0.0195. The smallest absolute Gasteiger partial charge is 0.308 e. The second kappa shape index (κ2) is 12.7. The van der Waals surface area contributed by atoms with Gasteiger partial charge in [0, 0.05) is 29.4 Å². The summed E-state index contributed by atoms with van der Waals surface area (Å²) >= 11 is 0. The van der Waals surface area contributed by atoms with Crippen molar-refractivity contribution in [3.05, 3.63) is 82.9 Å². The normalized spacial score (nSPS) is 12.0. The van der Waals surface area contributed by atoms with Crippen LogP contribution in [0.25, 0.3) is 16.9 Å². The topological polar surface area (TPSA) is 94.8 Å². The van der Waals surface area contributed by atoms with E-state index in [1.165, 1.54) is 12.1 Å². The number of esters is 1. The highest BCUT2D eigenvalue weighted by Gasteiger charge is 2.21. The fraction of sp³-hybridized carbons (Fsp3) is 0.355. The zero-order chi connectivity index (χ0) is 28.8. The molecule has 1 N–H and O–H groups in total. The number of amides is 1. The number of nitrogens with one attached hydrogen (secondary N) is 1. The number of carbonyl (C=O) groups excluding carboxylic acids is 2. The van der Waals surface area contributed by atoms with Crippen LogP contribution < -0.4 is 10.1 Å². The van der Waals surface area contributed by atoms with Gasteiger partial charge in [0.25, 0.3) is 0 Å². The Morgan fingerprint density at radius 2 is 1.82 bits per heavy atom. The predicted molar refractivity (Wildman–Crippen MR) is 151 cm³/mol. The molecular formula is C31H35FN4O4. The van der Waals surface area contributed by atoms with E-state index < -0.39 is 6.04 Å². The van der Waals surface area contributed by atoms with Gasteiger partial charge >= 0.3 is 5.97 Å². The van der Waals surface area contributed by atoms with Crippen LogP contribution in [-0.2, 0) is 20.7 Å². The molecule has 4 aromatic rings. The van der Waals surface area contributed by atoms with Crippen LogP contribution in [0.15, 0.2) is 54.6 Å². The van der Waals surface area contributed by atoms with Gasteiger partial charge in [0.15, 0.2) is 5.65 Å². The number of rotatable bonds is 11. The molecule has 0 saturated carbocycles. The zero-order valence-corrected chi connectivity index (χ0v) is 23.5. The van der Waals surface area contributed by atoms with E-state index in [9.17, 15) is 14.0 Å². The zero-order valence-electron chi connectivity index (χ0n) is 23.5. The van der Waals surface area contributed by atoms with E-state index in [0.29, 0.717) is 29.1 Å². The molecule has 0 aliphatic heterocycles. The lowest BCUT2D eigenvalue weighted by Crippen LogP contribution is -2.31.